The molecule has 0 spiro atoms. The number of ketones is 1. The van der Waals surface area contributed by atoms with Gasteiger partial charge in [-0.05, 0) is 32.8 Å². The number of rotatable bonds is 7. The number of carbonyl (C=O) groups excluding carboxylic acids is 1. The monoisotopic (exact) mass is 446 g/mol. The van der Waals surface area contributed by atoms with Crippen LogP contribution in [0.2, 0.25) is 0 Å². The lowest BCUT2D eigenvalue weighted by Crippen LogP contribution is -2.43. The largest absolute Gasteiger partial charge is 0.389 e. The lowest BCUT2D eigenvalue weighted by atomic mass is 9.90. The molecule has 3 aromatic heterocycles. The molecule has 0 aromatic carbocycles. The first kappa shape index (κ1) is 22.3. The molecule has 0 saturated carbocycles. The molecule has 1 N–H and O–H groups in total. The molecule has 0 radical (unpaired) electrons. The van der Waals surface area contributed by atoms with Crippen molar-refractivity contribution in [3.8, 4) is 0 Å². The summed E-state index contributed by atoms with van der Waals surface area (Å²) >= 11 is 0. The molecule has 0 amide bonds. The van der Waals surface area contributed by atoms with Gasteiger partial charge < -0.3 is 10.0 Å². The first-order chi connectivity index (χ1) is 15.1. The average molecular weight is 447 g/mol. The highest BCUT2D eigenvalue weighted by molar-refractivity contribution is 6.05. The van der Waals surface area contributed by atoms with Gasteiger partial charge in [0.1, 0.15) is 0 Å². The maximum absolute atomic E-state index is 14.2. The lowest BCUT2D eigenvalue weighted by Gasteiger charge is -2.33. The van der Waals surface area contributed by atoms with Gasteiger partial charge >= 0.3 is 0 Å². The highest BCUT2D eigenvalue weighted by Gasteiger charge is 2.38. The van der Waals surface area contributed by atoms with E-state index in [-0.39, 0.29) is 18.7 Å². The number of carbonyl (C=O) groups is 1. The zero-order chi connectivity index (χ0) is 23.1. The zero-order valence-electron chi connectivity index (χ0n) is 18.5. The summed E-state index contributed by atoms with van der Waals surface area (Å²) in [7, 11) is 0. The van der Waals surface area contributed by atoms with E-state index < -0.39 is 24.0 Å². The number of alkyl halides is 2. The molecular formula is C22H28F2N6O2. The van der Waals surface area contributed by atoms with Crippen molar-refractivity contribution in [3.05, 3.63) is 42.0 Å². The van der Waals surface area contributed by atoms with E-state index in [4.69, 9.17) is 0 Å². The van der Waals surface area contributed by atoms with Crippen molar-refractivity contribution in [2.24, 2.45) is 0 Å². The van der Waals surface area contributed by atoms with Crippen molar-refractivity contribution in [2.45, 2.75) is 64.0 Å². The van der Waals surface area contributed by atoms with Crippen LogP contribution >= 0.6 is 0 Å². The zero-order valence-corrected chi connectivity index (χ0v) is 18.5. The molecule has 172 valence electrons. The van der Waals surface area contributed by atoms with Crippen LogP contribution < -0.4 is 4.90 Å². The van der Waals surface area contributed by atoms with Crippen LogP contribution in [0.5, 0.6) is 0 Å². The van der Waals surface area contributed by atoms with Crippen LogP contribution in [-0.2, 0) is 6.54 Å². The highest BCUT2D eigenvalue weighted by atomic mass is 19.3. The van der Waals surface area contributed by atoms with Crippen LogP contribution in [0.1, 0.15) is 61.9 Å². The SMILES string of the molecule is CCC(C(=O)c1cnn2cccnc12)c1cn(CC(C)(C)O)nc1N1CCCC(F)(F)C1. The minimum absolute atomic E-state index is 0.159. The van der Waals surface area contributed by atoms with Gasteiger partial charge in [-0.15, -0.1) is 0 Å². The van der Waals surface area contributed by atoms with Gasteiger partial charge in [0.15, 0.2) is 17.2 Å². The van der Waals surface area contributed by atoms with Gasteiger partial charge in [-0.2, -0.15) is 10.2 Å². The Balaban J connectivity index is 1.76. The first-order valence-electron chi connectivity index (χ1n) is 10.8. The number of aliphatic hydroxyl groups is 1. The second kappa shape index (κ2) is 8.23. The van der Waals surface area contributed by atoms with E-state index in [0.717, 1.165) is 0 Å². The summed E-state index contributed by atoms with van der Waals surface area (Å²) in [5, 5.41) is 19.0. The molecule has 1 atom stereocenters. The van der Waals surface area contributed by atoms with Crippen molar-refractivity contribution in [3.63, 3.8) is 0 Å². The number of nitrogens with zero attached hydrogens (tertiary/aromatic N) is 6. The molecule has 0 aliphatic carbocycles. The van der Waals surface area contributed by atoms with E-state index in [9.17, 15) is 18.7 Å². The predicted molar refractivity (Wildman–Crippen MR) is 115 cm³/mol. The third kappa shape index (κ3) is 4.50. The number of halogens is 2. The van der Waals surface area contributed by atoms with Gasteiger partial charge in [-0.25, -0.2) is 18.3 Å². The molecule has 32 heavy (non-hydrogen) atoms. The minimum Gasteiger partial charge on any atom is -0.389 e. The Morgan fingerprint density at radius 3 is 2.84 bits per heavy atom. The van der Waals surface area contributed by atoms with Gasteiger partial charge in [-0.1, -0.05) is 6.92 Å². The maximum Gasteiger partial charge on any atom is 0.265 e. The van der Waals surface area contributed by atoms with Crippen LogP contribution in [0, 0.1) is 0 Å². The Labute approximate surface area is 184 Å². The molecule has 3 aromatic rings. The summed E-state index contributed by atoms with van der Waals surface area (Å²) in [5.74, 6) is -3.23. The van der Waals surface area contributed by atoms with E-state index in [1.807, 2.05) is 6.92 Å². The lowest BCUT2D eigenvalue weighted by molar-refractivity contribution is -0.0119. The second-order valence-corrected chi connectivity index (χ2v) is 9.07. The molecule has 1 aliphatic rings. The van der Waals surface area contributed by atoms with Gasteiger partial charge in [0, 0.05) is 37.1 Å². The van der Waals surface area contributed by atoms with Crippen LogP contribution in [0.4, 0.5) is 14.6 Å². The van der Waals surface area contributed by atoms with E-state index in [0.29, 0.717) is 42.0 Å². The number of Topliss-reactive ketones (excluding diaryl/α,β-unsaturated/α-hetero) is 1. The Kier molecular flexibility index (Phi) is 5.74. The van der Waals surface area contributed by atoms with E-state index >= 15 is 0 Å². The van der Waals surface area contributed by atoms with Crippen molar-refractivity contribution < 1.29 is 18.7 Å². The Bertz CT molecular complexity index is 1120. The summed E-state index contributed by atoms with van der Waals surface area (Å²) in [6.07, 6.45) is 7.13. The van der Waals surface area contributed by atoms with Crippen molar-refractivity contribution >= 4 is 17.2 Å². The van der Waals surface area contributed by atoms with Crippen molar-refractivity contribution in [1.82, 2.24) is 24.4 Å². The van der Waals surface area contributed by atoms with Crippen LogP contribution in [0.3, 0.4) is 0 Å². The first-order valence-corrected chi connectivity index (χ1v) is 10.8. The molecule has 1 aliphatic heterocycles. The van der Waals surface area contributed by atoms with E-state index in [1.165, 1.54) is 10.7 Å². The predicted octanol–water partition coefficient (Wildman–Crippen LogP) is 3.31. The van der Waals surface area contributed by atoms with Crippen molar-refractivity contribution in [1.29, 1.82) is 0 Å². The number of hydrogen-bond acceptors (Lipinski definition) is 6. The summed E-state index contributed by atoms with van der Waals surface area (Å²) < 4.78 is 31.4. The molecule has 1 unspecified atom stereocenters. The Morgan fingerprint density at radius 2 is 2.16 bits per heavy atom. The normalized spacial score (nSPS) is 17.6. The highest BCUT2D eigenvalue weighted by Crippen LogP contribution is 2.36. The number of hydrogen-bond donors (Lipinski definition) is 1. The second-order valence-electron chi connectivity index (χ2n) is 9.07. The third-order valence-corrected chi connectivity index (χ3v) is 5.66. The topological polar surface area (TPSA) is 88.5 Å². The molecule has 4 rings (SSSR count). The molecule has 1 saturated heterocycles. The van der Waals surface area contributed by atoms with Crippen LogP contribution in [-0.4, -0.2) is 59.9 Å². The summed E-state index contributed by atoms with van der Waals surface area (Å²) in [6, 6.07) is 1.72. The van der Waals surface area contributed by atoms with E-state index in [2.05, 4.69) is 15.2 Å². The fourth-order valence-corrected chi connectivity index (χ4v) is 4.28. The summed E-state index contributed by atoms with van der Waals surface area (Å²) in [5.41, 5.74) is 0.355. The Morgan fingerprint density at radius 1 is 1.38 bits per heavy atom. The van der Waals surface area contributed by atoms with Crippen LogP contribution in [0.25, 0.3) is 5.65 Å². The van der Waals surface area contributed by atoms with Gasteiger partial charge in [-0.3, -0.25) is 9.48 Å². The number of piperidine rings is 1. The molecule has 0 bridgehead atoms. The summed E-state index contributed by atoms with van der Waals surface area (Å²) in [4.78, 5) is 19.4. The smallest absolute Gasteiger partial charge is 0.265 e. The third-order valence-electron chi connectivity index (χ3n) is 5.66. The summed E-state index contributed by atoms with van der Waals surface area (Å²) in [6.45, 7) is 5.34. The van der Waals surface area contributed by atoms with E-state index in [1.54, 1.807) is 48.1 Å². The maximum atomic E-state index is 14.2. The number of aromatic nitrogens is 5. The standard InChI is InChI=1S/C22H28F2N6O2/c1-4-15(18(31)16-11-26-30-10-6-8-25-19(16)30)17-12-29(13-21(2,3)32)27-20(17)28-9-5-7-22(23,24)14-28/h6,8,10-12,15,32H,4-5,7,9,13-14H2,1-3H3. The van der Waals surface area contributed by atoms with Gasteiger partial charge in [0.25, 0.3) is 5.92 Å². The Hall–Kier alpha value is -2.88. The quantitative estimate of drug-likeness (QED) is 0.560. The molecular weight excluding hydrogens is 418 g/mol. The molecule has 4 heterocycles. The fourth-order valence-electron chi connectivity index (χ4n) is 4.28. The van der Waals surface area contributed by atoms with Crippen molar-refractivity contribution in [2.75, 3.05) is 18.0 Å². The molecule has 8 nitrogen and oxygen atoms in total. The van der Waals surface area contributed by atoms with Crippen LogP contribution in [0.15, 0.2) is 30.9 Å². The van der Waals surface area contributed by atoms with Gasteiger partial charge in [0.05, 0.1) is 36.4 Å². The average Bonchev–Trinajstić information content (AvgIpc) is 3.31. The number of anilines is 1. The molecule has 1 fully saturated rings. The molecule has 10 heteroatoms. The number of fused-ring (bicyclic) bond motifs is 1. The minimum atomic E-state index is -2.81. The van der Waals surface area contributed by atoms with Gasteiger partial charge in [0.2, 0.25) is 0 Å². The fraction of sp³-hybridized carbons (Fsp3) is 0.545.